The Bertz CT molecular complexity index is 961. The van der Waals surface area contributed by atoms with Crippen LogP contribution in [0.25, 0.3) is 0 Å². The van der Waals surface area contributed by atoms with Crippen molar-refractivity contribution in [3.8, 4) is 5.75 Å². The first-order valence-electron chi connectivity index (χ1n) is 8.82. The predicted molar refractivity (Wildman–Crippen MR) is 102 cm³/mol. The first-order valence-corrected chi connectivity index (χ1v) is 8.82. The Morgan fingerprint density at radius 1 is 1.00 bits per heavy atom. The normalized spacial score (nSPS) is 11.2. The Balaban J connectivity index is 1.94. The highest BCUT2D eigenvalue weighted by Gasteiger charge is 2.35. The zero-order chi connectivity index (χ0) is 20.9. The highest BCUT2D eigenvalue weighted by molar-refractivity contribution is 5.67. The molecular weight excluding hydrogens is 388 g/mol. The summed E-state index contributed by atoms with van der Waals surface area (Å²) in [5.74, 6) is -0.521. The zero-order valence-corrected chi connectivity index (χ0v) is 15.4. The van der Waals surface area contributed by atoms with Gasteiger partial charge in [-0.1, -0.05) is 19.1 Å². The van der Waals surface area contributed by atoms with Gasteiger partial charge in [-0.05, 0) is 42.8 Å². The van der Waals surface area contributed by atoms with Gasteiger partial charge >= 0.3 is 6.18 Å². The maximum Gasteiger partial charge on any atom is 0.421 e. The van der Waals surface area contributed by atoms with Crippen molar-refractivity contribution in [1.82, 2.24) is 9.97 Å². The molecule has 1 heterocycles. The minimum atomic E-state index is -4.66. The summed E-state index contributed by atoms with van der Waals surface area (Å²) in [4.78, 5) is 7.70. The van der Waals surface area contributed by atoms with Gasteiger partial charge in [-0.15, -0.1) is 0 Å². The molecule has 0 spiro atoms. The predicted octanol–water partition coefficient (Wildman–Crippen LogP) is 5.91. The molecule has 0 bridgehead atoms. The molecule has 0 aliphatic heterocycles. The number of alkyl halides is 3. The Hall–Kier alpha value is -3.36. The van der Waals surface area contributed by atoms with Crippen molar-refractivity contribution in [2.45, 2.75) is 19.5 Å². The van der Waals surface area contributed by atoms with Crippen LogP contribution in [-0.2, 0) is 6.18 Å². The first kappa shape index (κ1) is 20.4. The van der Waals surface area contributed by atoms with E-state index in [0.717, 1.165) is 6.42 Å². The molecule has 5 nitrogen and oxygen atoms in total. The standard InChI is InChI=1S/C20H18F4N4O/c1-2-11-29-17-6-4-3-5-16(17)27-18-15(20(22,23)24)12-25-19(28-18)26-14-9-7-13(21)8-10-14/h3-10,12H,2,11H2,1H3,(H2,25,26,27,28). The highest BCUT2D eigenvalue weighted by atomic mass is 19.4. The molecule has 0 radical (unpaired) electrons. The molecule has 0 fully saturated rings. The van der Waals surface area contributed by atoms with Crippen molar-refractivity contribution in [2.24, 2.45) is 0 Å². The van der Waals surface area contributed by atoms with E-state index < -0.39 is 23.4 Å². The molecule has 3 rings (SSSR count). The number of rotatable bonds is 7. The van der Waals surface area contributed by atoms with Gasteiger partial charge in [-0.3, -0.25) is 0 Å². The van der Waals surface area contributed by atoms with E-state index >= 15 is 0 Å². The minimum Gasteiger partial charge on any atom is -0.491 e. The summed E-state index contributed by atoms with van der Waals surface area (Å²) < 4.78 is 59.0. The zero-order valence-electron chi connectivity index (χ0n) is 15.4. The monoisotopic (exact) mass is 406 g/mol. The fraction of sp³-hybridized carbons (Fsp3) is 0.200. The second kappa shape index (κ2) is 8.76. The number of para-hydroxylation sites is 2. The molecule has 29 heavy (non-hydrogen) atoms. The van der Waals surface area contributed by atoms with E-state index in [2.05, 4.69) is 20.6 Å². The molecule has 9 heteroatoms. The Morgan fingerprint density at radius 2 is 1.72 bits per heavy atom. The second-order valence-electron chi connectivity index (χ2n) is 6.06. The SMILES string of the molecule is CCCOc1ccccc1Nc1nc(Nc2ccc(F)cc2)ncc1C(F)(F)F. The van der Waals surface area contributed by atoms with Crippen LogP contribution in [0.4, 0.5) is 40.7 Å². The van der Waals surface area contributed by atoms with Crippen LogP contribution < -0.4 is 15.4 Å². The van der Waals surface area contributed by atoms with E-state index in [0.29, 0.717) is 29.9 Å². The second-order valence-corrected chi connectivity index (χ2v) is 6.06. The van der Waals surface area contributed by atoms with Crippen LogP contribution in [-0.4, -0.2) is 16.6 Å². The van der Waals surface area contributed by atoms with Gasteiger partial charge in [0.2, 0.25) is 5.95 Å². The van der Waals surface area contributed by atoms with E-state index in [1.807, 2.05) is 6.92 Å². The lowest BCUT2D eigenvalue weighted by atomic mass is 10.2. The first-order chi connectivity index (χ1) is 13.9. The third-order valence-electron chi connectivity index (χ3n) is 3.80. The lowest BCUT2D eigenvalue weighted by molar-refractivity contribution is -0.137. The summed E-state index contributed by atoms with van der Waals surface area (Å²) in [6.45, 7) is 2.35. The summed E-state index contributed by atoms with van der Waals surface area (Å²) >= 11 is 0. The summed E-state index contributed by atoms with van der Waals surface area (Å²) in [6.07, 6.45) is -3.21. The molecule has 0 amide bonds. The quantitative estimate of drug-likeness (QED) is 0.478. The molecular formula is C20H18F4N4O. The van der Waals surface area contributed by atoms with Crippen molar-refractivity contribution in [2.75, 3.05) is 17.2 Å². The maximum absolute atomic E-state index is 13.4. The number of benzene rings is 2. The van der Waals surface area contributed by atoms with Crippen molar-refractivity contribution in [3.05, 3.63) is 66.1 Å². The van der Waals surface area contributed by atoms with Crippen LogP contribution in [0.5, 0.6) is 5.75 Å². The third-order valence-corrected chi connectivity index (χ3v) is 3.80. The summed E-state index contributed by atoms with van der Waals surface area (Å²) in [6, 6.07) is 11.9. The van der Waals surface area contributed by atoms with Crippen LogP contribution in [0.1, 0.15) is 18.9 Å². The minimum absolute atomic E-state index is 0.0703. The van der Waals surface area contributed by atoms with E-state index in [4.69, 9.17) is 4.74 Å². The molecule has 3 aromatic rings. The average Bonchev–Trinajstić information content (AvgIpc) is 2.68. The van der Waals surface area contributed by atoms with Gasteiger partial charge in [0.15, 0.2) is 0 Å². The van der Waals surface area contributed by atoms with Gasteiger partial charge in [-0.2, -0.15) is 18.2 Å². The molecule has 152 valence electrons. The Morgan fingerprint density at radius 3 is 2.41 bits per heavy atom. The number of anilines is 4. The van der Waals surface area contributed by atoms with E-state index in [1.165, 1.54) is 24.3 Å². The maximum atomic E-state index is 13.4. The van der Waals surface area contributed by atoms with Crippen LogP contribution >= 0.6 is 0 Å². The van der Waals surface area contributed by atoms with Gasteiger partial charge in [0.05, 0.1) is 12.3 Å². The van der Waals surface area contributed by atoms with Crippen molar-refractivity contribution >= 4 is 23.1 Å². The van der Waals surface area contributed by atoms with Gasteiger partial charge in [0.1, 0.15) is 22.9 Å². The molecule has 0 aliphatic rings. The van der Waals surface area contributed by atoms with Crippen LogP contribution in [0.3, 0.4) is 0 Å². The lowest BCUT2D eigenvalue weighted by Gasteiger charge is -2.17. The molecule has 0 aliphatic carbocycles. The van der Waals surface area contributed by atoms with Crippen LogP contribution in [0, 0.1) is 5.82 Å². The molecule has 0 saturated heterocycles. The number of hydrogen-bond acceptors (Lipinski definition) is 5. The number of hydrogen-bond donors (Lipinski definition) is 2. The van der Waals surface area contributed by atoms with Gasteiger partial charge in [0.25, 0.3) is 0 Å². The van der Waals surface area contributed by atoms with E-state index in [1.54, 1.807) is 24.3 Å². The molecule has 2 aromatic carbocycles. The Labute approximate surface area is 164 Å². The van der Waals surface area contributed by atoms with E-state index in [9.17, 15) is 17.6 Å². The third kappa shape index (κ3) is 5.34. The summed E-state index contributed by atoms with van der Waals surface area (Å²) in [7, 11) is 0. The molecule has 1 aromatic heterocycles. The largest absolute Gasteiger partial charge is 0.491 e. The van der Waals surface area contributed by atoms with Gasteiger partial charge < -0.3 is 15.4 Å². The molecule has 0 saturated carbocycles. The topological polar surface area (TPSA) is 59.1 Å². The number of nitrogens with zero attached hydrogens (tertiary/aromatic N) is 2. The van der Waals surface area contributed by atoms with Crippen molar-refractivity contribution in [3.63, 3.8) is 0 Å². The van der Waals surface area contributed by atoms with Crippen LogP contribution in [0.2, 0.25) is 0 Å². The number of ether oxygens (including phenoxy) is 1. The lowest BCUT2D eigenvalue weighted by Crippen LogP contribution is -2.13. The van der Waals surface area contributed by atoms with Gasteiger partial charge in [0, 0.05) is 11.9 Å². The van der Waals surface area contributed by atoms with Crippen LogP contribution in [0.15, 0.2) is 54.7 Å². The van der Waals surface area contributed by atoms with Gasteiger partial charge in [-0.25, -0.2) is 9.37 Å². The molecule has 0 unspecified atom stereocenters. The molecule has 2 N–H and O–H groups in total. The van der Waals surface area contributed by atoms with Crippen molar-refractivity contribution in [1.29, 1.82) is 0 Å². The average molecular weight is 406 g/mol. The number of halogens is 4. The number of nitrogens with one attached hydrogen (secondary N) is 2. The fourth-order valence-corrected chi connectivity index (χ4v) is 2.44. The highest BCUT2D eigenvalue weighted by Crippen LogP contribution is 2.37. The Kier molecular flexibility index (Phi) is 6.16. The number of aromatic nitrogens is 2. The molecule has 0 atom stereocenters. The van der Waals surface area contributed by atoms with E-state index in [-0.39, 0.29) is 5.95 Å². The summed E-state index contributed by atoms with van der Waals surface area (Å²) in [5.41, 5.74) is -0.242. The fourth-order valence-electron chi connectivity index (χ4n) is 2.44. The summed E-state index contributed by atoms with van der Waals surface area (Å²) in [5, 5.41) is 5.45. The smallest absolute Gasteiger partial charge is 0.421 e. The van der Waals surface area contributed by atoms with Crippen molar-refractivity contribution < 1.29 is 22.3 Å².